The van der Waals surface area contributed by atoms with Crippen molar-refractivity contribution in [1.82, 2.24) is 34.9 Å². The van der Waals surface area contributed by atoms with Gasteiger partial charge in [0.2, 0.25) is 17.7 Å². The lowest BCUT2D eigenvalue weighted by atomic mass is 10.0. The van der Waals surface area contributed by atoms with Gasteiger partial charge in [-0.2, -0.15) is 5.10 Å². The number of ether oxygens (including phenoxy) is 1. The van der Waals surface area contributed by atoms with E-state index in [0.29, 0.717) is 46.3 Å². The number of carbonyl (C=O) groups is 5. The van der Waals surface area contributed by atoms with Gasteiger partial charge < -0.3 is 15.4 Å². The Balaban J connectivity index is 0.984. The molecule has 2 fully saturated rings. The number of hydrogen-bond donors (Lipinski definition) is 2. The summed E-state index contributed by atoms with van der Waals surface area (Å²) in [4.78, 5) is 76.6. The van der Waals surface area contributed by atoms with Crippen LogP contribution in [0.25, 0.3) is 22.3 Å². The molecule has 5 aromatic rings. The Bertz CT molecular complexity index is 2260. The van der Waals surface area contributed by atoms with E-state index in [1.807, 2.05) is 59.3 Å². The van der Waals surface area contributed by atoms with E-state index in [4.69, 9.17) is 15.6 Å². The number of para-hydroxylation sites is 1. The number of anilines is 1. The molecule has 3 aliphatic rings. The molecule has 3 N–H and O–H groups in total. The molecule has 14 nitrogen and oxygen atoms in total. The molecule has 52 heavy (non-hydrogen) atoms. The molecule has 2 atom stereocenters. The lowest BCUT2D eigenvalue weighted by Crippen LogP contribution is -2.54. The fourth-order valence-electron chi connectivity index (χ4n) is 6.97. The first-order valence-corrected chi connectivity index (χ1v) is 17.8. The van der Waals surface area contributed by atoms with Crippen LogP contribution in [0, 0.1) is 0 Å². The van der Waals surface area contributed by atoms with Gasteiger partial charge in [0.25, 0.3) is 11.8 Å². The SMILES string of the molecule is Nc1ncnc2c1c(-c1ccc(Oc3ccccc3)cc1)nn2C1CCCN(C(=O)CSc2cccc3c2C(=O)N(C2CCC(=O)NC2=O)C3=O)C1. The van der Waals surface area contributed by atoms with Crippen molar-refractivity contribution in [2.45, 2.75) is 42.7 Å². The number of nitrogens with zero attached hydrogens (tertiary/aromatic N) is 6. The van der Waals surface area contributed by atoms with E-state index < -0.39 is 29.7 Å². The molecule has 0 aliphatic carbocycles. The fraction of sp³-hybridized carbons (Fsp3) is 0.243. The molecule has 3 aliphatic heterocycles. The third-order valence-electron chi connectivity index (χ3n) is 9.50. The van der Waals surface area contributed by atoms with Crippen molar-refractivity contribution in [3.8, 4) is 22.8 Å². The molecule has 15 heteroatoms. The number of piperidine rings is 2. The molecule has 5 amide bonds. The summed E-state index contributed by atoms with van der Waals surface area (Å²) in [6.45, 7) is 0.937. The van der Waals surface area contributed by atoms with Crippen molar-refractivity contribution in [1.29, 1.82) is 0 Å². The van der Waals surface area contributed by atoms with Crippen LogP contribution in [0.4, 0.5) is 5.82 Å². The van der Waals surface area contributed by atoms with Gasteiger partial charge in [0, 0.05) is 30.0 Å². The highest BCUT2D eigenvalue weighted by molar-refractivity contribution is 8.00. The van der Waals surface area contributed by atoms with Gasteiger partial charge in [-0.3, -0.25) is 34.2 Å². The number of nitrogens with one attached hydrogen (secondary N) is 1. The minimum Gasteiger partial charge on any atom is -0.457 e. The second kappa shape index (κ2) is 13.6. The predicted molar refractivity (Wildman–Crippen MR) is 190 cm³/mol. The highest BCUT2D eigenvalue weighted by Gasteiger charge is 2.45. The van der Waals surface area contributed by atoms with Crippen LogP contribution in [-0.4, -0.2) is 84.0 Å². The molecule has 0 bridgehead atoms. The molecule has 2 saturated heterocycles. The summed E-state index contributed by atoms with van der Waals surface area (Å²) in [6, 6.07) is 20.7. The standard InChI is InChI=1S/C37H32N8O6S/c38-33-31-32(21-11-13-24(14-12-21)51-23-7-2-1-3-8-23)42-45(34(31)40-20-39-33)22-6-5-17-43(18-22)29(47)19-52-27-10-4-9-25-30(27)37(50)44(36(25)49)26-15-16-28(46)41-35(26)48/h1-4,7-14,20,22,26H,5-6,15-19H2,(H2,38,39,40)(H,41,46,48). The van der Waals surface area contributed by atoms with Gasteiger partial charge >= 0.3 is 0 Å². The summed E-state index contributed by atoms with van der Waals surface area (Å²) in [5.74, 6) is -0.714. The fourth-order valence-corrected chi connectivity index (χ4v) is 7.95. The zero-order valence-electron chi connectivity index (χ0n) is 27.7. The zero-order chi connectivity index (χ0) is 35.9. The first-order valence-electron chi connectivity index (χ1n) is 16.8. The average molecular weight is 717 g/mol. The van der Waals surface area contributed by atoms with Crippen LogP contribution in [0.3, 0.4) is 0 Å². The summed E-state index contributed by atoms with van der Waals surface area (Å²) in [6.07, 6.45) is 3.00. The normalized spacial score (nSPS) is 18.8. The van der Waals surface area contributed by atoms with Crippen LogP contribution in [0.15, 0.2) is 84.0 Å². The third-order valence-corrected chi connectivity index (χ3v) is 10.5. The molecule has 2 aromatic heterocycles. The van der Waals surface area contributed by atoms with E-state index in [9.17, 15) is 24.0 Å². The number of thioether (sulfide) groups is 1. The van der Waals surface area contributed by atoms with E-state index in [1.165, 1.54) is 24.2 Å². The van der Waals surface area contributed by atoms with Crippen LogP contribution in [0.2, 0.25) is 0 Å². The van der Waals surface area contributed by atoms with Crippen LogP contribution < -0.4 is 15.8 Å². The largest absolute Gasteiger partial charge is 0.457 e. The van der Waals surface area contributed by atoms with E-state index in [0.717, 1.165) is 29.1 Å². The maximum Gasteiger partial charge on any atom is 0.263 e. The van der Waals surface area contributed by atoms with Gasteiger partial charge in [0.05, 0.1) is 28.3 Å². The Kier molecular flexibility index (Phi) is 8.63. The molecule has 3 aromatic carbocycles. The number of carbonyl (C=O) groups excluding carboxylic acids is 5. The molecular formula is C37H32N8O6S. The Morgan fingerprint density at radius 1 is 0.923 bits per heavy atom. The number of benzene rings is 3. The Hall–Kier alpha value is -6.09. The van der Waals surface area contributed by atoms with E-state index in [2.05, 4.69) is 15.3 Å². The molecule has 0 radical (unpaired) electrons. The van der Waals surface area contributed by atoms with Crippen LogP contribution in [0.5, 0.6) is 11.5 Å². The predicted octanol–water partition coefficient (Wildman–Crippen LogP) is 4.22. The number of likely N-dealkylation sites (tertiary alicyclic amines) is 1. The molecule has 262 valence electrons. The summed E-state index contributed by atoms with van der Waals surface area (Å²) in [7, 11) is 0. The summed E-state index contributed by atoms with van der Waals surface area (Å²) in [5.41, 5.74) is 8.73. The highest BCUT2D eigenvalue weighted by Crippen LogP contribution is 2.37. The summed E-state index contributed by atoms with van der Waals surface area (Å²) >= 11 is 1.17. The van der Waals surface area contributed by atoms with Gasteiger partial charge in [0.15, 0.2) is 5.65 Å². The van der Waals surface area contributed by atoms with Gasteiger partial charge in [0.1, 0.15) is 35.4 Å². The smallest absolute Gasteiger partial charge is 0.263 e. The second-order valence-corrected chi connectivity index (χ2v) is 13.8. The van der Waals surface area contributed by atoms with Crippen LogP contribution in [0.1, 0.15) is 52.4 Å². The van der Waals surface area contributed by atoms with Crippen molar-refractivity contribution in [3.05, 3.63) is 90.3 Å². The monoisotopic (exact) mass is 716 g/mol. The Morgan fingerprint density at radius 2 is 1.71 bits per heavy atom. The van der Waals surface area contributed by atoms with Crippen LogP contribution in [-0.2, 0) is 14.4 Å². The number of amides is 5. The number of nitrogen functional groups attached to an aromatic ring is 1. The average Bonchev–Trinajstić information content (AvgIpc) is 3.67. The topological polar surface area (TPSA) is 183 Å². The van der Waals surface area contributed by atoms with Crippen molar-refractivity contribution >= 4 is 58.1 Å². The maximum absolute atomic E-state index is 13.7. The first kappa shape index (κ1) is 33.1. The van der Waals surface area contributed by atoms with Crippen molar-refractivity contribution in [2.24, 2.45) is 0 Å². The molecule has 0 spiro atoms. The second-order valence-electron chi connectivity index (χ2n) is 12.7. The van der Waals surface area contributed by atoms with Gasteiger partial charge in [-0.15, -0.1) is 11.8 Å². The number of hydrogen-bond acceptors (Lipinski definition) is 11. The van der Waals surface area contributed by atoms with Gasteiger partial charge in [-0.05, 0) is 67.8 Å². The number of imide groups is 2. The summed E-state index contributed by atoms with van der Waals surface area (Å²) in [5, 5.41) is 7.82. The quantitative estimate of drug-likeness (QED) is 0.173. The van der Waals surface area contributed by atoms with Crippen molar-refractivity contribution < 1.29 is 28.7 Å². The maximum atomic E-state index is 13.7. The summed E-state index contributed by atoms with van der Waals surface area (Å²) < 4.78 is 7.79. The zero-order valence-corrected chi connectivity index (χ0v) is 28.5. The Labute approximate surface area is 301 Å². The molecule has 8 rings (SSSR count). The van der Waals surface area contributed by atoms with E-state index in [-0.39, 0.29) is 41.7 Å². The molecule has 0 saturated carbocycles. The lowest BCUT2D eigenvalue weighted by molar-refractivity contribution is -0.136. The minimum atomic E-state index is -1.07. The van der Waals surface area contributed by atoms with E-state index >= 15 is 0 Å². The first-order chi connectivity index (χ1) is 25.3. The van der Waals surface area contributed by atoms with Crippen LogP contribution >= 0.6 is 11.8 Å². The highest BCUT2D eigenvalue weighted by atomic mass is 32.2. The molecular weight excluding hydrogens is 685 g/mol. The number of rotatable bonds is 8. The minimum absolute atomic E-state index is 0.0285. The molecule has 2 unspecified atom stereocenters. The van der Waals surface area contributed by atoms with Crippen molar-refractivity contribution in [3.63, 3.8) is 0 Å². The third kappa shape index (κ3) is 6.02. The number of nitrogens with two attached hydrogens (primary N) is 1. The number of aromatic nitrogens is 4. The van der Waals surface area contributed by atoms with Crippen molar-refractivity contribution in [2.75, 3.05) is 24.6 Å². The lowest BCUT2D eigenvalue weighted by Gasteiger charge is -2.33. The van der Waals surface area contributed by atoms with Gasteiger partial charge in [-0.25, -0.2) is 14.6 Å². The Morgan fingerprint density at radius 3 is 2.50 bits per heavy atom. The molecule has 5 heterocycles. The van der Waals surface area contributed by atoms with E-state index in [1.54, 1.807) is 17.0 Å². The van der Waals surface area contributed by atoms with Gasteiger partial charge in [-0.1, -0.05) is 24.3 Å². The number of fused-ring (bicyclic) bond motifs is 2.